The molecule has 0 N–H and O–H groups in total. The van der Waals surface area contributed by atoms with Crippen molar-refractivity contribution >= 4 is 23.5 Å². The Balaban J connectivity index is 1.47. The molecule has 4 rings (SSSR count). The van der Waals surface area contributed by atoms with Gasteiger partial charge in [-0.3, -0.25) is 4.79 Å². The highest BCUT2D eigenvalue weighted by atomic mass is 35.5. The first kappa shape index (κ1) is 23.6. The maximum absolute atomic E-state index is 14.4. The van der Waals surface area contributed by atoms with Crippen molar-refractivity contribution in [3.05, 3.63) is 63.6 Å². The van der Waals surface area contributed by atoms with Gasteiger partial charge in [0.25, 0.3) is 5.91 Å². The van der Waals surface area contributed by atoms with Gasteiger partial charge in [-0.25, -0.2) is 9.18 Å². The summed E-state index contributed by atoms with van der Waals surface area (Å²) in [4.78, 5) is 27.2. The van der Waals surface area contributed by atoms with Crippen LogP contribution in [0.1, 0.15) is 27.2 Å². The van der Waals surface area contributed by atoms with Crippen LogP contribution in [0.5, 0.6) is 11.5 Å². The molecule has 8 nitrogen and oxygen atoms in total. The van der Waals surface area contributed by atoms with Gasteiger partial charge in [0.2, 0.25) is 0 Å². The molecule has 10 heteroatoms. The van der Waals surface area contributed by atoms with Crippen LogP contribution >= 0.6 is 11.6 Å². The maximum Gasteiger partial charge on any atom is 0.344 e. The molecule has 0 bridgehead atoms. The van der Waals surface area contributed by atoms with Crippen molar-refractivity contribution in [1.29, 1.82) is 0 Å². The van der Waals surface area contributed by atoms with Gasteiger partial charge in [-0.1, -0.05) is 22.8 Å². The second-order valence-electron chi connectivity index (χ2n) is 7.68. The molecule has 0 aliphatic carbocycles. The predicted molar refractivity (Wildman–Crippen MR) is 121 cm³/mol. The number of fused-ring (bicyclic) bond motifs is 1. The summed E-state index contributed by atoms with van der Waals surface area (Å²) in [5.41, 5.74) is 1.75. The van der Waals surface area contributed by atoms with Crippen LogP contribution < -0.4 is 9.47 Å². The smallest absolute Gasteiger partial charge is 0.344 e. The lowest BCUT2D eigenvalue weighted by molar-refractivity contribution is -0.135. The minimum absolute atomic E-state index is 0.0671. The summed E-state index contributed by atoms with van der Waals surface area (Å²) in [5, 5.41) is 3.85. The van der Waals surface area contributed by atoms with Crippen molar-refractivity contribution in [1.82, 2.24) is 10.1 Å². The number of halogens is 2. The molecule has 0 fully saturated rings. The van der Waals surface area contributed by atoms with Crippen LogP contribution in [0.4, 0.5) is 4.39 Å². The van der Waals surface area contributed by atoms with E-state index in [0.29, 0.717) is 31.0 Å². The van der Waals surface area contributed by atoms with E-state index >= 15 is 0 Å². The van der Waals surface area contributed by atoms with Crippen LogP contribution in [-0.4, -0.2) is 49.3 Å². The average Bonchev–Trinajstić information content (AvgIpc) is 3.21. The Bertz CT molecular complexity index is 1240. The van der Waals surface area contributed by atoms with E-state index in [4.69, 9.17) is 30.3 Å². The molecule has 1 aliphatic heterocycles. The van der Waals surface area contributed by atoms with E-state index in [-0.39, 0.29) is 33.5 Å². The fourth-order valence-electron chi connectivity index (χ4n) is 3.89. The zero-order chi connectivity index (χ0) is 24.4. The molecule has 1 amide bonds. The number of hydrogen-bond donors (Lipinski definition) is 0. The van der Waals surface area contributed by atoms with E-state index in [1.54, 1.807) is 19.1 Å². The van der Waals surface area contributed by atoms with Gasteiger partial charge in [-0.2, -0.15) is 0 Å². The molecule has 0 radical (unpaired) electrons. The number of carbonyl (C=O) groups is 2. The molecule has 0 atom stereocenters. The van der Waals surface area contributed by atoms with Crippen molar-refractivity contribution in [2.24, 2.45) is 0 Å². The van der Waals surface area contributed by atoms with Crippen LogP contribution in [0.25, 0.3) is 11.3 Å². The lowest BCUT2D eigenvalue weighted by Crippen LogP contribution is -2.38. The quantitative estimate of drug-likeness (QED) is 0.480. The van der Waals surface area contributed by atoms with Gasteiger partial charge in [-0.15, -0.1) is 0 Å². The van der Waals surface area contributed by atoms with E-state index in [0.717, 1.165) is 11.1 Å². The van der Waals surface area contributed by atoms with Crippen LogP contribution in [0.3, 0.4) is 0 Å². The Morgan fingerprint density at radius 2 is 1.88 bits per heavy atom. The second kappa shape index (κ2) is 9.72. The lowest BCUT2D eigenvalue weighted by Gasteiger charge is -2.29. The highest BCUT2D eigenvalue weighted by Crippen LogP contribution is 2.35. The highest BCUT2D eigenvalue weighted by molar-refractivity contribution is 6.33. The number of aromatic nitrogens is 1. The van der Waals surface area contributed by atoms with Gasteiger partial charge in [0, 0.05) is 13.1 Å². The predicted octanol–water partition coefficient (Wildman–Crippen LogP) is 4.20. The van der Waals surface area contributed by atoms with Crippen molar-refractivity contribution in [3.63, 3.8) is 0 Å². The van der Waals surface area contributed by atoms with Crippen LogP contribution in [0.15, 0.2) is 34.9 Å². The van der Waals surface area contributed by atoms with Crippen molar-refractivity contribution < 1.29 is 32.7 Å². The minimum atomic E-state index is -0.856. The molecule has 2 aromatic carbocycles. The molecule has 0 unspecified atom stereocenters. The standard InChI is InChI=1S/C24H22ClFN2O6/c1-13-21(23(27-34-13)22-16(25)5-4-6-17(22)26)24(30)33-12-20(29)28-8-7-14-9-18(31-2)19(32-3)10-15(14)11-28/h4-6,9-10H,7-8,11-12H2,1-3H3. The first-order valence-electron chi connectivity index (χ1n) is 10.4. The molecular formula is C24H22ClFN2O6. The Labute approximate surface area is 200 Å². The average molecular weight is 489 g/mol. The molecule has 0 saturated heterocycles. The summed E-state index contributed by atoms with van der Waals surface area (Å²) in [7, 11) is 3.12. The van der Waals surface area contributed by atoms with Gasteiger partial charge >= 0.3 is 5.97 Å². The first-order chi connectivity index (χ1) is 16.3. The number of esters is 1. The third-order valence-corrected chi connectivity index (χ3v) is 5.98. The van der Waals surface area contributed by atoms with Gasteiger partial charge < -0.3 is 23.6 Å². The van der Waals surface area contributed by atoms with Gasteiger partial charge in [0.1, 0.15) is 22.8 Å². The van der Waals surface area contributed by atoms with Crippen LogP contribution in [0, 0.1) is 12.7 Å². The number of aryl methyl sites for hydroxylation is 1. The number of ether oxygens (including phenoxy) is 3. The molecule has 0 saturated carbocycles. The summed E-state index contributed by atoms with van der Waals surface area (Å²) < 4.78 is 35.4. The van der Waals surface area contributed by atoms with E-state index in [2.05, 4.69) is 5.16 Å². The number of benzene rings is 2. The third kappa shape index (κ3) is 4.43. The van der Waals surface area contributed by atoms with Crippen LogP contribution in [0.2, 0.25) is 5.02 Å². The second-order valence-corrected chi connectivity index (χ2v) is 8.08. The molecule has 34 heavy (non-hydrogen) atoms. The molecule has 0 spiro atoms. The first-order valence-corrected chi connectivity index (χ1v) is 10.8. The topological polar surface area (TPSA) is 91.1 Å². The molecule has 1 aromatic heterocycles. The Kier molecular flexibility index (Phi) is 6.74. The number of carbonyl (C=O) groups excluding carboxylic acids is 2. The molecule has 1 aliphatic rings. The fraction of sp³-hybridized carbons (Fsp3) is 0.292. The SMILES string of the molecule is COc1cc2c(cc1OC)CN(C(=O)COC(=O)c1c(-c3c(F)cccc3Cl)noc1C)CC2. The van der Waals surface area contributed by atoms with Gasteiger partial charge in [0.05, 0.1) is 24.8 Å². The number of hydrogen-bond acceptors (Lipinski definition) is 7. The van der Waals surface area contributed by atoms with E-state index in [1.165, 1.54) is 25.1 Å². The van der Waals surface area contributed by atoms with Crippen LogP contribution in [-0.2, 0) is 22.5 Å². The molecule has 178 valence electrons. The van der Waals surface area contributed by atoms with Gasteiger partial charge in [-0.05, 0) is 48.7 Å². The van der Waals surface area contributed by atoms with Gasteiger partial charge in [0.15, 0.2) is 18.1 Å². The van der Waals surface area contributed by atoms with Crippen molar-refractivity contribution in [2.75, 3.05) is 27.4 Å². The number of methoxy groups -OCH3 is 2. The van der Waals surface area contributed by atoms with Crippen molar-refractivity contribution in [2.45, 2.75) is 19.9 Å². The summed E-state index contributed by atoms with van der Waals surface area (Å²) in [5.74, 6) is -0.558. The Morgan fingerprint density at radius 1 is 1.18 bits per heavy atom. The fourth-order valence-corrected chi connectivity index (χ4v) is 4.15. The zero-order valence-electron chi connectivity index (χ0n) is 18.8. The molecular weight excluding hydrogens is 467 g/mol. The highest BCUT2D eigenvalue weighted by Gasteiger charge is 2.28. The number of rotatable bonds is 6. The summed E-state index contributed by atoms with van der Waals surface area (Å²) >= 11 is 6.11. The minimum Gasteiger partial charge on any atom is -0.493 e. The largest absolute Gasteiger partial charge is 0.493 e. The normalized spacial score (nSPS) is 12.8. The molecule has 3 aromatic rings. The summed E-state index contributed by atoms with van der Waals surface area (Å²) in [6.45, 7) is 1.80. The maximum atomic E-state index is 14.4. The monoisotopic (exact) mass is 488 g/mol. The van der Waals surface area contributed by atoms with E-state index in [1.807, 2.05) is 12.1 Å². The third-order valence-electron chi connectivity index (χ3n) is 5.66. The van der Waals surface area contributed by atoms with E-state index < -0.39 is 18.4 Å². The molecule has 2 heterocycles. The summed E-state index contributed by atoms with van der Waals surface area (Å²) in [6.07, 6.45) is 0.621. The number of amides is 1. The van der Waals surface area contributed by atoms with Crippen molar-refractivity contribution in [3.8, 4) is 22.8 Å². The van der Waals surface area contributed by atoms with E-state index in [9.17, 15) is 14.0 Å². The zero-order valence-corrected chi connectivity index (χ0v) is 19.6. The number of nitrogens with zero attached hydrogens (tertiary/aromatic N) is 2. The Hall–Kier alpha value is -3.59. The lowest BCUT2D eigenvalue weighted by atomic mass is 9.99. The summed E-state index contributed by atoms with van der Waals surface area (Å²) in [6, 6.07) is 7.85. The Morgan fingerprint density at radius 3 is 2.56 bits per heavy atom.